The van der Waals surface area contributed by atoms with Crippen LogP contribution in [0.25, 0.3) is 0 Å². The average molecular weight is 264 g/mol. The van der Waals surface area contributed by atoms with Crippen molar-refractivity contribution in [2.75, 3.05) is 14.2 Å². The molecule has 1 unspecified atom stereocenters. The molecule has 0 spiro atoms. The Kier molecular flexibility index (Phi) is 5.36. The molecule has 0 saturated carbocycles. The summed E-state index contributed by atoms with van der Waals surface area (Å²) in [5.41, 5.74) is 9.08. The SMILES string of the molecule is COc1ccc(CN(C)C(=O)CC(C)N)c(C)c1C. The molecule has 0 aliphatic rings. The number of amides is 1. The number of carbonyl (C=O) groups excluding carboxylic acids is 1. The molecule has 0 fully saturated rings. The van der Waals surface area contributed by atoms with E-state index < -0.39 is 0 Å². The first-order valence-corrected chi connectivity index (χ1v) is 6.49. The van der Waals surface area contributed by atoms with Crippen LogP contribution in [0.4, 0.5) is 0 Å². The Morgan fingerprint density at radius 1 is 1.37 bits per heavy atom. The van der Waals surface area contributed by atoms with Crippen LogP contribution in [-0.4, -0.2) is 31.0 Å². The fourth-order valence-corrected chi connectivity index (χ4v) is 2.02. The van der Waals surface area contributed by atoms with Gasteiger partial charge in [0.2, 0.25) is 5.91 Å². The van der Waals surface area contributed by atoms with Crippen molar-refractivity contribution in [2.24, 2.45) is 5.73 Å². The lowest BCUT2D eigenvalue weighted by Crippen LogP contribution is -2.31. The standard InChI is InChI=1S/C15H24N2O2/c1-10(16)8-15(18)17(4)9-13-6-7-14(19-5)12(3)11(13)2/h6-7,10H,8-9,16H2,1-5H3. The fourth-order valence-electron chi connectivity index (χ4n) is 2.02. The van der Waals surface area contributed by atoms with Gasteiger partial charge in [-0.05, 0) is 43.5 Å². The number of hydrogen-bond acceptors (Lipinski definition) is 3. The van der Waals surface area contributed by atoms with Crippen LogP contribution in [0.5, 0.6) is 5.75 Å². The second-order valence-electron chi connectivity index (χ2n) is 5.11. The summed E-state index contributed by atoms with van der Waals surface area (Å²) in [5.74, 6) is 0.952. The van der Waals surface area contributed by atoms with Gasteiger partial charge in [0.15, 0.2) is 0 Å². The maximum atomic E-state index is 11.9. The van der Waals surface area contributed by atoms with Crippen LogP contribution in [0.3, 0.4) is 0 Å². The number of carbonyl (C=O) groups is 1. The van der Waals surface area contributed by atoms with Crippen molar-refractivity contribution in [3.63, 3.8) is 0 Å². The Bertz CT molecular complexity index is 456. The predicted octanol–water partition coefficient (Wildman–Crippen LogP) is 2.01. The molecule has 1 rings (SSSR count). The van der Waals surface area contributed by atoms with E-state index in [0.717, 1.165) is 16.9 Å². The lowest BCUT2D eigenvalue weighted by Gasteiger charge is -2.21. The van der Waals surface area contributed by atoms with Crippen LogP contribution in [-0.2, 0) is 11.3 Å². The molecule has 1 aromatic rings. The van der Waals surface area contributed by atoms with Crippen molar-refractivity contribution in [3.8, 4) is 5.75 Å². The molecule has 19 heavy (non-hydrogen) atoms. The highest BCUT2D eigenvalue weighted by Crippen LogP contribution is 2.24. The summed E-state index contributed by atoms with van der Waals surface area (Å²) in [5, 5.41) is 0. The number of ether oxygens (including phenoxy) is 1. The van der Waals surface area contributed by atoms with Gasteiger partial charge in [-0.15, -0.1) is 0 Å². The highest BCUT2D eigenvalue weighted by atomic mass is 16.5. The first-order valence-electron chi connectivity index (χ1n) is 6.49. The number of methoxy groups -OCH3 is 1. The third-order valence-corrected chi connectivity index (χ3v) is 3.40. The van der Waals surface area contributed by atoms with Crippen LogP contribution in [0.1, 0.15) is 30.0 Å². The summed E-state index contributed by atoms with van der Waals surface area (Å²) in [6, 6.07) is 3.85. The zero-order valence-electron chi connectivity index (χ0n) is 12.5. The fraction of sp³-hybridized carbons (Fsp3) is 0.533. The van der Waals surface area contributed by atoms with E-state index in [9.17, 15) is 4.79 Å². The number of rotatable bonds is 5. The van der Waals surface area contributed by atoms with E-state index in [1.807, 2.05) is 33.0 Å². The van der Waals surface area contributed by atoms with E-state index >= 15 is 0 Å². The van der Waals surface area contributed by atoms with Gasteiger partial charge in [0.05, 0.1) is 7.11 Å². The smallest absolute Gasteiger partial charge is 0.224 e. The monoisotopic (exact) mass is 264 g/mol. The van der Waals surface area contributed by atoms with Crippen molar-refractivity contribution in [2.45, 2.75) is 39.8 Å². The summed E-state index contributed by atoms with van der Waals surface area (Å²) in [6.07, 6.45) is 0.380. The topological polar surface area (TPSA) is 55.6 Å². The molecule has 0 aliphatic heterocycles. The molecule has 0 saturated heterocycles. The molecule has 0 radical (unpaired) electrons. The van der Waals surface area contributed by atoms with Gasteiger partial charge < -0.3 is 15.4 Å². The predicted molar refractivity (Wildman–Crippen MR) is 77.2 cm³/mol. The maximum Gasteiger partial charge on any atom is 0.224 e. The molecule has 0 bridgehead atoms. The molecule has 1 atom stereocenters. The molecule has 2 N–H and O–H groups in total. The summed E-state index contributed by atoms with van der Waals surface area (Å²) >= 11 is 0. The number of nitrogens with two attached hydrogens (primary N) is 1. The van der Waals surface area contributed by atoms with E-state index in [2.05, 4.69) is 6.92 Å². The Labute approximate surface area is 115 Å². The van der Waals surface area contributed by atoms with Crippen LogP contribution in [0, 0.1) is 13.8 Å². The highest BCUT2D eigenvalue weighted by molar-refractivity contribution is 5.76. The number of nitrogens with zero attached hydrogens (tertiary/aromatic N) is 1. The van der Waals surface area contributed by atoms with Crippen molar-refractivity contribution in [1.29, 1.82) is 0 Å². The van der Waals surface area contributed by atoms with Crippen molar-refractivity contribution < 1.29 is 9.53 Å². The van der Waals surface area contributed by atoms with Crippen LogP contribution >= 0.6 is 0 Å². The molecule has 4 nitrogen and oxygen atoms in total. The lowest BCUT2D eigenvalue weighted by atomic mass is 10.0. The normalized spacial score (nSPS) is 12.1. The van der Waals surface area contributed by atoms with E-state index in [0.29, 0.717) is 13.0 Å². The summed E-state index contributed by atoms with van der Waals surface area (Å²) in [6.45, 7) is 6.52. The quantitative estimate of drug-likeness (QED) is 0.885. The third-order valence-electron chi connectivity index (χ3n) is 3.40. The van der Waals surface area contributed by atoms with Crippen LogP contribution in [0.15, 0.2) is 12.1 Å². The average Bonchev–Trinajstić information content (AvgIpc) is 2.34. The van der Waals surface area contributed by atoms with Gasteiger partial charge in [-0.1, -0.05) is 6.07 Å². The van der Waals surface area contributed by atoms with Crippen molar-refractivity contribution in [1.82, 2.24) is 4.90 Å². The number of hydrogen-bond donors (Lipinski definition) is 1. The van der Waals surface area contributed by atoms with Crippen LogP contribution in [0.2, 0.25) is 0 Å². The maximum absolute atomic E-state index is 11.9. The second kappa shape index (κ2) is 6.57. The van der Waals surface area contributed by atoms with Gasteiger partial charge in [0.1, 0.15) is 5.75 Å². The third kappa shape index (κ3) is 3.96. The number of benzene rings is 1. The van der Waals surface area contributed by atoms with Gasteiger partial charge in [0.25, 0.3) is 0 Å². The first kappa shape index (κ1) is 15.5. The zero-order chi connectivity index (χ0) is 14.6. The lowest BCUT2D eigenvalue weighted by molar-refractivity contribution is -0.130. The first-order chi connectivity index (χ1) is 8.86. The van der Waals surface area contributed by atoms with E-state index in [1.165, 1.54) is 5.56 Å². The summed E-state index contributed by atoms with van der Waals surface area (Å²) < 4.78 is 5.29. The molecular formula is C15H24N2O2. The van der Waals surface area contributed by atoms with Crippen LogP contribution < -0.4 is 10.5 Å². The Morgan fingerprint density at radius 3 is 2.53 bits per heavy atom. The minimum absolute atomic E-state index is 0.0721. The Balaban J connectivity index is 2.83. The molecule has 106 valence electrons. The Morgan fingerprint density at radius 2 is 2.00 bits per heavy atom. The van der Waals surface area contributed by atoms with E-state index in [-0.39, 0.29) is 11.9 Å². The summed E-state index contributed by atoms with van der Waals surface area (Å²) in [4.78, 5) is 13.6. The van der Waals surface area contributed by atoms with E-state index in [1.54, 1.807) is 12.0 Å². The van der Waals surface area contributed by atoms with Gasteiger partial charge in [-0.2, -0.15) is 0 Å². The van der Waals surface area contributed by atoms with Gasteiger partial charge in [-0.25, -0.2) is 0 Å². The largest absolute Gasteiger partial charge is 0.496 e. The minimum Gasteiger partial charge on any atom is -0.496 e. The summed E-state index contributed by atoms with van der Waals surface area (Å²) in [7, 11) is 3.48. The molecule has 0 heterocycles. The Hall–Kier alpha value is -1.55. The van der Waals surface area contributed by atoms with Gasteiger partial charge >= 0.3 is 0 Å². The molecule has 1 aromatic carbocycles. The molecule has 1 amide bonds. The minimum atomic E-state index is -0.103. The highest BCUT2D eigenvalue weighted by Gasteiger charge is 2.14. The zero-order valence-corrected chi connectivity index (χ0v) is 12.5. The van der Waals surface area contributed by atoms with Gasteiger partial charge in [-0.3, -0.25) is 4.79 Å². The molecule has 0 aromatic heterocycles. The molecule has 0 aliphatic carbocycles. The second-order valence-corrected chi connectivity index (χ2v) is 5.11. The van der Waals surface area contributed by atoms with Crippen molar-refractivity contribution >= 4 is 5.91 Å². The molecular weight excluding hydrogens is 240 g/mol. The van der Waals surface area contributed by atoms with E-state index in [4.69, 9.17) is 10.5 Å². The van der Waals surface area contributed by atoms with Crippen molar-refractivity contribution in [3.05, 3.63) is 28.8 Å². The van der Waals surface area contributed by atoms with Gasteiger partial charge in [0, 0.05) is 26.1 Å². The molecule has 4 heteroatoms.